The first-order valence-corrected chi connectivity index (χ1v) is 13.1. The number of nitrogens with zero attached hydrogens (tertiary/aromatic N) is 1. The summed E-state index contributed by atoms with van der Waals surface area (Å²) in [5, 5.41) is 5.75. The fourth-order valence-electron chi connectivity index (χ4n) is 5.09. The minimum atomic E-state index is -0.726. The SMILES string of the molecule is CC[C@H](C)[C@H](NC(=O)[C@H]1N2C(=O)c3ccccc3[C@@H]2SC1(C)C)C(=O)NCc1ccc2c(c1)OCO2. The molecule has 1 fully saturated rings. The summed E-state index contributed by atoms with van der Waals surface area (Å²) in [7, 11) is 0. The van der Waals surface area contributed by atoms with Crippen LogP contribution in [0.2, 0.25) is 0 Å². The molecule has 0 spiro atoms. The molecule has 3 amide bonds. The number of rotatable bonds is 7. The number of ether oxygens (including phenoxy) is 2. The molecule has 9 heteroatoms. The maximum atomic E-state index is 13.7. The molecule has 0 unspecified atom stereocenters. The second-order valence-electron chi connectivity index (χ2n) is 10.1. The van der Waals surface area contributed by atoms with E-state index >= 15 is 0 Å². The Labute approximate surface area is 215 Å². The molecule has 5 rings (SSSR count). The first-order valence-electron chi connectivity index (χ1n) is 12.3. The van der Waals surface area contributed by atoms with Gasteiger partial charge < -0.3 is 25.0 Å². The van der Waals surface area contributed by atoms with E-state index in [-0.39, 0.29) is 35.8 Å². The van der Waals surface area contributed by atoms with Crippen LogP contribution in [-0.4, -0.2) is 46.2 Å². The highest BCUT2D eigenvalue weighted by Crippen LogP contribution is 2.56. The molecule has 2 aromatic carbocycles. The van der Waals surface area contributed by atoms with Crippen molar-refractivity contribution in [3.05, 3.63) is 59.2 Å². The van der Waals surface area contributed by atoms with Gasteiger partial charge in [-0.3, -0.25) is 14.4 Å². The average molecular weight is 510 g/mol. The zero-order valence-corrected chi connectivity index (χ0v) is 21.7. The first-order chi connectivity index (χ1) is 17.2. The molecule has 0 bridgehead atoms. The van der Waals surface area contributed by atoms with Crippen LogP contribution >= 0.6 is 11.8 Å². The second kappa shape index (κ2) is 9.35. The van der Waals surface area contributed by atoms with Gasteiger partial charge in [0.2, 0.25) is 18.6 Å². The van der Waals surface area contributed by atoms with Gasteiger partial charge in [0, 0.05) is 16.9 Å². The van der Waals surface area contributed by atoms with Crippen LogP contribution < -0.4 is 20.1 Å². The summed E-state index contributed by atoms with van der Waals surface area (Å²) in [6.45, 7) is 8.38. The summed E-state index contributed by atoms with van der Waals surface area (Å²) in [6.07, 6.45) is 0.710. The van der Waals surface area contributed by atoms with Gasteiger partial charge in [0.15, 0.2) is 11.5 Å². The largest absolute Gasteiger partial charge is 0.454 e. The Morgan fingerprint density at radius 1 is 1.17 bits per heavy atom. The number of thioether (sulfide) groups is 1. The minimum Gasteiger partial charge on any atom is -0.454 e. The Balaban J connectivity index is 1.31. The molecule has 3 aliphatic heterocycles. The van der Waals surface area contributed by atoms with Gasteiger partial charge in [0.25, 0.3) is 5.91 Å². The topological polar surface area (TPSA) is 97.0 Å². The van der Waals surface area contributed by atoms with Crippen molar-refractivity contribution < 1.29 is 23.9 Å². The van der Waals surface area contributed by atoms with E-state index in [1.54, 1.807) is 16.7 Å². The molecule has 2 aromatic rings. The van der Waals surface area contributed by atoms with Crippen LogP contribution in [0.5, 0.6) is 11.5 Å². The summed E-state index contributed by atoms with van der Waals surface area (Å²) in [5.74, 6) is 0.543. The standard InChI is InChI=1S/C27H31N3O5S/c1-5-15(2)21(23(31)28-13-16-10-11-19-20(12-16)35-14-34-19)29-24(32)22-27(3,4)36-26-18-9-7-6-8-17(18)25(33)30(22)26/h6-12,15,21-22,26H,5,13-14H2,1-4H3,(H,28,31)(H,29,32)/t15-,21-,22+,26-/m0/s1. The van der Waals surface area contributed by atoms with Crippen molar-refractivity contribution in [3.8, 4) is 11.5 Å². The van der Waals surface area contributed by atoms with E-state index in [1.165, 1.54) is 0 Å². The average Bonchev–Trinajstić information content (AvgIpc) is 3.52. The van der Waals surface area contributed by atoms with E-state index in [1.807, 2.05) is 70.2 Å². The number of carbonyl (C=O) groups is 3. The van der Waals surface area contributed by atoms with Crippen LogP contribution in [0, 0.1) is 5.92 Å². The van der Waals surface area contributed by atoms with E-state index in [4.69, 9.17) is 9.47 Å². The molecule has 0 saturated carbocycles. The number of carbonyl (C=O) groups excluding carboxylic acids is 3. The zero-order chi connectivity index (χ0) is 25.6. The molecular formula is C27H31N3O5S. The van der Waals surface area contributed by atoms with Crippen molar-refractivity contribution in [2.45, 2.75) is 62.9 Å². The van der Waals surface area contributed by atoms with E-state index in [9.17, 15) is 14.4 Å². The molecule has 190 valence electrons. The van der Waals surface area contributed by atoms with Crippen molar-refractivity contribution in [1.29, 1.82) is 0 Å². The number of hydrogen-bond acceptors (Lipinski definition) is 6. The number of amides is 3. The van der Waals surface area contributed by atoms with Gasteiger partial charge in [-0.15, -0.1) is 11.8 Å². The first kappa shape index (κ1) is 24.5. The molecule has 0 aromatic heterocycles. The quantitative estimate of drug-likeness (QED) is 0.592. The third-order valence-corrected chi connectivity index (χ3v) is 8.78. The fourth-order valence-corrected chi connectivity index (χ4v) is 6.68. The molecule has 0 radical (unpaired) electrons. The molecule has 8 nitrogen and oxygen atoms in total. The van der Waals surface area contributed by atoms with Gasteiger partial charge in [-0.05, 0) is 49.1 Å². The molecule has 1 saturated heterocycles. The Hall–Kier alpha value is -3.20. The lowest BCUT2D eigenvalue weighted by Crippen LogP contribution is -2.58. The predicted molar refractivity (Wildman–Crippen MR) is 137 cm³/mol. The summed E-state index contributed by atoms with van der Waals surface area (Å²) >= 11 is 1.61. The van der Waals surface area contributed by atoms with Crippen LogP contribution in [0.1, 0.15) is 61.0 Å². The fraction of sp³-hybridized carbons (Fsp3) is 0.444. The van der Waals surface area contributed by atoms with Crippen molar-refractivity contribution in [1.82, 2.24) is 15.5 Å². The van der Waals surface area contributed by atoms with Crippen molar-refractivity contribution in [2.75, 3.05) is 6.79 Å². The highest BCUT2D eigenvalue weighted by atomic mass is 32.2. The minimum absolute atomic E-state index is 0.0925. The Morgan fingerprint density at radius 2 is 1.92 bits per heavy atom. The van der Waals surface area contributed by atoms with Crippen molar-refractivity contribution in [2.24, 2.45) is 5.92 Å². The second-order valence-corrected chi connectivity index (χ2v) is 11.8. The summed E-state index contributed by atoms with van der Waals surface area (Å²) in [4.78, 5) is 41.9. The van der Waals surface area contributed by atoms with Crippen molar-refractivity contribution in [3.63, 3.8) is 0 Å². The van der Waals surface area contributed by atoms with Crippen LogP contribution in [0.25, 0.3) is 0 Å². The number of hydrogen-bond donors (Lipinski definition) is 2. The highest BCUT2D eigenvalue weighted by Gasteiger charge is 2.57. The third kappa shape index (κ3) is 4.19. The Morgan fingerprint density at radius 3 is 2.69 bits per heavy atom. The molecule has 2 N–H and O–H groups in total. The molecule has 0 aliphatic carbocycles. The van der Waals surface area contributed by atoms with Crippen molar-refractivity contribution >= 4 is 29.5 Å². The molecule has 3 heterocycles. The van der Waals surface area contributed by atoms with E-state index in [2.05, 4.69) is 10.6 Å². The lowest BCUT2D eigenvalue weighted by atomic mass is 9.95. The van der Waals surface area contributed by atoms with Gasteiger partial charge in [-0.1, -0.05) is 44.5 Å². The Bertz CT molecular complexity index is 1220. The maximum absolute atomic E-state index is 13.7. The highest BCUT2D eigenvalue weighted by molar-refractivity contribution is 8.01. The summed E-state index contributed by atoms with van der Waals surface area (Å²) in [5.41, 5.74) is 2.46. The zero-order valence-electron chi connectivity index (χ0n) is 20.9. The monoisotopic (exact) mass is 509 g/mol. The smallest absolute Gasteiger partial charge is 0.256 e. The molecule has 3 aliphatic rings. The Kier molecular flexibility index (Phi) is 6.36. The lowest BCUT2D eigenvalue weighted by molar-refractivity contribution is -0.133. The molecular weight excluding hydrogens is 478 g/mol. The maximum Gasteiger partial charge on any atom is 0.256 e. The van der Waals surface area contributed by atoms with Crippen LogP contribution in [0.3, 0.4) is 0 Å². The van der Waals surface area contributed by atoms with Gasteiger partial charge >= 0.3 is 0 Å². The van der Waals surface area contributed by atoms with Crippen LogP contribution in [0.4, 0.5) is 0 Å². The normalized spacial score (nSPS) is 22.6. The summed E-state index contributed by atoms with van der Waals surface area (Å²) in [6, 6.07) is 11.6. The van der Waals surface area contributed by atoms with Gasteiger partial charge in [0.1, 0.15) is 17.5 Å². The van der Waals surface area contributed by atoms with Gasteiger partial charge in [-0.25, -0.2) is 0 Å². The third-order valence-electron chi connectivity index (χ3n) is 7.24. The lowest BCUT2D eigenvalue weighted by Gasteiger charge is -2.32. The van der Waals surface area contributed by atoms with Gasteiger partial charge in [0.05, 0.1) is 0 Å². The summed E-state index contributed by atoms with van der Waals surface area (Å²) < 4.78 is 10.2. The van der Waals surface area contributed by atoms with E-state index in [0.717, 1.165) is 11.1 Å². The number of benzene rings is 2. The molecule has 4 atom stereocenters. The van der Waals surface area contributed by atoms with Gasteiger partial charge in [-0.2, -0.15) is 0 Å². The number of fused-ring (bicyclic) bond motifs is 4. The van der Waals surface area contributed by atoms with Crippen LogP contribution in [0.15, 0.2) is 42.5 Å². The number of nitrogens with one attached hydrogen (secondary N) is 2. The van der Waals surface area contributed by atoms with E-state index in [0.29, 0.717) is 30.0 Å². The predicted octanol–water partition coefficient (Wildman–Crippen LogP) is 3.61. The van der Waals surface area contributed by atoms with E-state index < -0.39 is 16.8 Å². The van der Waals surface area contributed by atoms with Crippen LogP contribution in [-0.2, 0) is 16.1 Å². The molecule has 36 heavy (non-hydrogen) atoms.